The Morgan fingerprint density at radius 3 is 2.33 bits per heavy atom. The van der Waals surface area contributed by atoms with Crippen LogP contribution in [-0.2, 0) is 14.3 Å². The highest BCUT2D eigenvalue weighted by molar-refractivity contribution is 6.30. The summed E-state index contributed by atoms with van der Waals surface area (Å²) in [4.78, 5) is 37.4. The quantitative estimate of drug-likeness (QED) is 0.215. The predicted octanol–water partition coefficient (Wildman–Crippen LogP) is 6.81. The van der Waals surface area contributed by atoms with E-state index in [0.717, 1.165) is 0 Å². The maximum atomic E-state index is 15.2. The highest BCUT2D eigenvalue weighted by Gasteiger charge is 2.32. The van der Waals surface area contributed by atoms with Gasteiger partial charge in [-0.05, 0) is 92.9 Å². The lowest BCUT2D eigenvalue weighted by molar-refractivity contribution is -0.117. The zero-order valence-corrected chi connectivity index (χ0v) is 24.4. The van der Waals surface area contributed by atoms with E-state index in [1.54, 1.807) is 81.4 Å². The first-order chi connectivity index (χ1) is 20.0. The zero-order valence-electron chi connectivity index (χ0n) is 23.7. The molecular formula is C32H34ClFN4O4. The molecule has 1 heterocycles. The van der Waals surface area contributed by atoms with Gasteiger partial charge in [-0.25, -0.2) is 9.18 Å². The van der Waals surface area contributed by atoms with Crippen molar-refractivity contribution in [1.29, 1.82) is 0 Å². The number of halogens is 2. The third kappa shape index (κ3) is 8.89. The van der Waals surface area contributed by atoms with Gasteiger partial charge < -0.3 is 20.7 Å². The van der Waals surface area contributed by atoms with Gasteiger partial charge in [0.2, 0.25) is 11.8 Å². The lowest BCUT2D eigenvalue weighted by Crippen LogP contribution is -2.27. The third-order valence-corrected chi connectivity index (χ3v) is 6.84. The van der Waals surface area contributed by atoms with Crippen LogP contribution in [0.2, 0.25) is 5.02 Å². The van der Waals surface area contributed by atoms with Gasteiger partial charge in [-0.15, -0.1) is 0 Å². The van der Waals surface area contributed by atoms with Gasteiger partial charge in [-0.1, -0.05) is 35.9 Å². The van der Waals surface area contributed by atoms with Gasteiger partial charge in [-0.3, -0.25) is 14.9 Å². The molecule has 0 aromatic heterocycles. The summed E-state index contributed by atoms with van der Waals surface area (Å²) in [6.07, 6.45) is 2.40. The Labute approximate surface area is 249 Å². The average Bonchev–Trinajstić information content (AvgIpc) is 3.36. The molecule has 0 aliphatic carbocycles. The van der Waals surface area contributed by atoms with E-state index < -0.39 is 23.4 Å². The number of carbonyl (C=O) groups is 3. The van der Waals surface area contributed by atoms with E-state index in [4.69, 9.17) is 16.3 Å². The fourth-order valence-corrected chi connectivity index (χ4v) is 4.83. The fraction of sp³-hybridized carbons (Fsp3) is 0.281. The molecule has 8 nitrogen and oxygen atoms in total. The predicted molar refractivity (Wildman–Crippen MR) is 164 cm³/mol. The lowest BCUT2D eigenvalue weighted by atomic mass is 9.86. The molecule has 0 bridgehead atoms. The molecule has 4 rings (SSSR count). The van der Waals surface area contributed by atoms with Crippen LogP contribution in [0.15, 0.2) is 72.8 Å². The molecule has 3 aromatic carbocycles. The molecule has 1 aliphatic heterocycles. The van der Waals surface area contributed by atoms with Crippen molar-refractivity contribution in [3.63, 3.8) is 0 Å². The van der Waals surface area contributed by atoms with Gasteiger partial charge in [0, 0.05) is 35.7 Å². The Morgan fingerprint density at radius 2 is 1.67 bits per heavy atom. The second-order valence-electron chi connectivity index (χ2n) is 11.1. The molecule has 10 heteroatoms. The van der Waals surface area contributed by atoms with Crippen LogP contribution in [0.25, 0.3) is 6.08 Å². The zero-order chi connectivity index (χ0) is 30.3. The summed E-state index contributed by atoms with van der Waals surface area (Å²) in [6, 6.07) is 18.4. The lowest BCUT2D eigenvalue weighted by Gasteiger charge is -2.20. The van der Waals surface area contributed by atoms with Gasteiger partial charge in [0.05, 0.1) is 11.4 Å². The maximum Gasteiger partial charge on any atom is 0.412 e. The molecule has 2 unspecified atom stereocenters. The van der Waals surface area contributed by atoms with E-state index in [1.165, 1.54) is 18.2 Å². The van der Waals surface area contributed by atoms with E-state index in [9.17, 15) is 14.4 Å². The number of carbonyl (C=O) groups excluding carboxylic acids is 3. The molecule has 0 radical (unpaired) electrons. The molecular weight excluding hydrogens is 559 g/mol. The maximum absolute atomic E-state index is 15.2. The first kappa shape index (κ1) is 30.7. The number of hydrogen-bond acceptors (Lipinski definition) is 5. The Balaban J connectivity index is 1.36. The monoisotopic (exact) mass is 592 g/mol. The summed E-state index contributed by atoms with van der Waals surface area (Å²) in [7, 11) is 0. The Morgan fingerprint density at radius 1 is 0.976 bits per heavy atom. The van der Waals surface area contributed by atoms with Crippen molar-refractivity contribution in [2.24, 2.45) is 5.92 Å². The number of ether oxygens (including phenoxy) is 1. The van der Waals surface area contributed by atoms with Crippen LogP contribution in [0.5, 0.6) is 0 Å². The number of para-hydroxylation sites is 2. The molecule has 4 N–H and O–H groups in total. The van der Waals surface area contributed by atoms with E-state index in [0.29, 0.717) is 46.3 Å². The van der Waals surface area contributed by atoms with Crippen molar-refractivity contribution < 1.29 is 23.5 Å². The van der Waals surface area contributed by atoms with Crippen LogP contribution >= 0.6 is 11.6 Å². The minimum atomic E-state index is -0.669. The largest absolute Gasteiger partial charge is 0.444 e. The molecule has 2 atom stereocenters. The topological polar surface area (TPSA) is 109 Å². The third-order valence-electron chi connectivity index (χ3n) is 6.59. The van der Waals surface area contributed by atoms with E-state index in [2.05, 4.69) is 21.3 Å². The van der Waals surface area contributed by atoms with Crippen LogP contribution < -0.4 is 21.3 Å². The smallest absolute Gasteiger partial charge is 0.412 e. The second-order valence-corrected chi connectivity index (χ2v) is 11.5. The second kappa shape index (κ2) is 13.6. The number of amides is 3. The normalized spacial score (nSPS) is 16.7. The summed E-state index contributed by atoms with van der Waals surface area (Å²) in [5, 5.41) is 12.1. The summed E-state index contributed by atoms with van der Waals surface area (Å²) in [6.45, 7) is 6.43. The van der Waals surface area contributed by atoms with Crippen molar-refractivity contribution in [3.8, 4) is 0 Å². The molecule has 1 aliphatic rings. The molecule has 3 amide bonds. The van der Waals surface area contributed by atoms with Gasteiger partial charge in [0.1, 0.15) is 11.4 Å². The van der Waals surface area contributed by atoms with Crippen molar-refractivity contribution in [2.45, 2.75) is 38.7 Å². The molecule has 0 spiro atoms. The van der Waals surface area contributed by atoms with E-state index >= 15 is 4.39 Å². The van der Waals surface area contributed by atoms with Gasteiger partial charge in [0.15, 0.2) is 0 Å². The van der Waals surface area contributed by atoms with Gasteiger partial charge in [-0.2, -0.15) is 0 Å². The number of anilines is 3. The summed E-state index contributed by atoms with van der Waals surface area (Å²) < 4.78 is 20.5. The average molecular weight is 593 g/mol. The first-order valence-corrected chi connectivity index (χ1v) is 14.0. The SMILES string of the molecule is CC(C)(C)OC(=O)Nc1ccccc1NC(=O)C=Cc1ccc(C2CNCC2CC(=O)Nc2ccc(Cl)cc2)c(F)c1. The fourth-order valence-electron chi connectivity index (χ4n) is 4.70. The number of benzene rings is 3. The van der Waals surface area contributed by atoms with Crippen molar-refractivity contribution in [1.82, 2.24) is 5.32 Å². The summed E-state index contributed by atoms with van der Waals surface area (Å²) in [5.74, 6) is -1.25. The molecule has 3 aromatic rings. The Bertz CT molecular complexity index is 1470. The Kier molecular flexibility index (Phi) is 9.98. The standard InChI is InChI=1S/C32H34ClFN4O4/c1-32(2,3)42-31(41)38-28-7-5-4-6-27(28)37-29(39)15-9-20-8-14-24(26(34)16-20)25-19-35-18-21(25)17-30(40)36-23-12-10-22(33)11-13-23/h4-16,21,25,35H,17-19H2,1-3H3,(H,36,40)(H,37,39)(H,38,41). The summed E-state index contributed by atoms with van der Waals surface area (Å²) >= 11 is 5.91. The van der Waals surface area contributed by atoms with Gasteiger partial charge in [0.25, 0.3) is 0 Å². The molecule has 220 valence electrons. The minimum absolute atomic E-state index is 0.0756. The summed E-state index contributed by atoms with van der Waals surface area (Å²) in [5.41, 5.74) is 1.78. The molecule has 1 fully saturated rings. The van der Waals surface area contributed by atoms with Crippen molar-refractivity contribution in [3.05, 3.63) is 94.8 Å². The van der Waals surface area contributed by atoms with Crippen LogP contribution in [0, 0.1) is 11.7 Å². The highest BCUT2D eigenvalue weighted by atomic mass is 35.5. The molecule has 0 saturated carbocycles. The molecule has 1 saturated heterocycles. The minimum Gasteiger partial charge on any atom is -0.444 e. The van der Waals surface area contributed by atoms with Crippen LogP contribution in [-0.4, -0.2) is 36.6 Å². The van der Waals surface area contributed by atoms with Crippen LogP contribution in [0.3, 0.4) is 0 Å². The van der Waals surface area contributed by atoms with E-state index in [-0.39, 0.29) is 24.2 Å². The van der Waals surface area contributed by atoms with Gasteiger partial charge >= 0.3 is 6.09 Å². The van der Waals surface area contributed by atoms with Crippen LogP contribution in [0.1, 0.15) is 44.2 Å². The Hall–Kier alpha value is -4.21. The first-order valence-electron chi connectivity index (χ1n) is 13.6. The van der Waals surface area contributed by atoms with Crippen molar-refractivity contribution >= 4 is 52.6 Å². The number of nitrogens with one attached hydrogen (secondary N) is 4. The molecule has 42 heavy (non-hydrogen) atoms. The van der Waals surface area contributed by atoms with Crippen LogP contribution in [0.4, 0.5) is 26.2 Å². The van der Waals surface area contributed by atoms with Crippen molar-refractivity contribution in [2.75, 3.05) is 29.0 Å². The number of hydrogen-bond donors (Lipinski definition) is 4. The number of rotatable bonds is 8. The van der Waals surface area contributed by atoms with E-state index in [1.807, 2.05) is 0 Å². The highest BCUT2D eigenvalue weighted by Crippen LogP contribution is 2.33.